The van der Waals surface area contributed by atoms with Crippen molar-refractivity contribution in [3.8, 4) is 23.3 Å². The number of hydrogen-bond acceptors (Lipinski definition) is 8. The Balaban J connectivity index is 1.54. The molecule has 3 aromatic carbocycles. The molecule has 10 heteroatoms. The number of nitro groups is 1. The van der Waals surface area contributed by atoms with Crippen LogP contribution in [0, 0.1) is 27.3 Å². The Morgan fingerprint density at radius 1 is 1.18 bits per heavy atom. The number of nitrogens with zero attached hydrogens (tertiary/aromatic N) is 2. The fourth-order valence-corrected chi connectivity index (χ4v) is 3.56. The Labute approximate surface area is 192 Å². The normalized spacial score (nSPS) is 14.4. The summed E-state index contributed by atoms with van der Waals surface area (Å²) in [4.78, 5) is 22.7. The van der Waals surface area contributed by atoms with Gasteiger partial charge >= 0.3 is 11.7 Å². The molecule has 0 radical (unpaired) electrons. The predicted octanol–water partition coefficient (Wildman–Crippen LogP) is 3.94. The van der Waals surface area contributed by atoms with Gasteiger partial charge in [-0.15, -0.1) is 0 Å². The molecule has 1 unspecified atom stereocenters. The molecular formula is C24H16FN3O6. The standard InChI is InChI=1S/C24H16FN3O6/c25-15-5-3-4-14(10-15)23-17-9-8-16(11-21(17)34-24(27)18(23)12-26)33-22(29)13-32-20-7-2-1-6-19(20)28(30)31/h1-11,23H,13,27H2. The largest absolute Gasteiger partial charge is 0.475 e. The van der Waals surface area contributed by atoms with Crippen LogP contribution >= 0.6 is 0 Å². The molecule has 1 aliphatic heterocycles. The first-order valence-corrected chi connectivity index (χ1v) is 9.91. The zero-order valence-corrected chi connectivity index (χ0v) is 17.4. The van der Waals surface area contributed by atoms with Crippen LogP contribution in [-0.2, 0) is 4.79 Å². The number of ether oxygens (including phenoxy) is 3. The van der Waals surface area contributed by atoms with E-state index in [-0.39, 0.29) is 34.4 Å². The van der Waals surface area contributed by atoms with E-state index < -0.39 is 29.2 Å². The lowest BCUT2D eigenvalue weighted by Gasteiger charge is -2.26. The van der Waals surface area contributed by atoms with Gasteiger partial charge in [-0.2, -0.15) is 5.26 Å². The molecule has 34 heavy (non-hydrogen) atoms. The molecule has 3 aromatic rings. The molecule has 0 spiro atoms. The summed E-state index contributed by atoms with van der Waals surface area (Å²) >= 11 is 0. The SMILES string of the molecule is N#CC1=C(N)Oc2cc(OC(=O)COc3ccccc3[N+](=O)[O-])ccc2C1c1cccc(F)c1. The van der Waals surface area contributed by atoms with Gasteiger partial charge in [0.2, 0.25) is 5.88 Å². The molecule has 4 rings (SSSR count). The number of fused-ring (bicyclic) bond motifs is 1. The van der Waals surface area contributed by atoms with Crippen LogP contribution in [0.1, 0.15) is 17.0 Å². The summed E-state index contributed by atoms with van der Waals surface area (Å²) < 4.78 is 29.9. The smallest absolute Gasteiger partial charge is 0.349 e. The molecule has 0 aliphatic carbocycles. The number of halogens is 1. The Kier molecular flexibility index (Phi) is 6.09. The van der Waals surface area contributed by atoms with E-state index in [0.717, 1.165) is 0 Å². The quantitative estimate of drug-likeness (QED) is 0.252. The van der Waals surface area contributed by atoms with E-state index in [1.807, 2.05) is 6.07 Å². The summed E-state index contributed by atoms with van der Waals surface area (Å²) in [6.07, 6.45) is 0. The number of nitrogens with two attached hydrogens (primary N) is 1. The number of carbonyl (C=O) groups excluding carboxylic acids is 1. The van der Waals surface area contributed by atoms with Gasteiger partial charge in [0.05, 0.1) is 10.8 Å². The first kappa shape index (κ1) is 22.3. The molecule has 0 fully saturated rings. The van der Waals surface area contributed by atoms with Gasteiger partial charge in [-0.05, 0) is 29.8 Å². The van der Waals surface area contributed by atoms with Crippen LogP contribution in [-0.4, -0.2) is 17.5 Å². The van der Waals surface area contributed by atoms with E-state index in [1.165, 1.54) is 54.6 Å². The number of nitriles is 1. The van der Waals surface area contributed by atoms with Gasteiger partial charge in [-0.25, -0.2) is 9.18 Å². The van der Waals surface area contributed by atoms with Gasteiger partial charge in [-0.3, -0.25) is 10.1 Å². The number of rotatable bonds is 6. The van der Waals surface area contributed by atoms with Crippen LogP contribution in [0.15, 0.2) is 78.2 Å². The molecule has 1 heterocycles. The van der Waals surface area contributed by atoms with Gasteiger partial charge in [0.1, 0.15) is 29.0 Å². The molecule has 0 amide bonds. The van der Waals surface area contributed by atoms with E-state index in [4.69, 9.17) is 19.9 Å². The molecule has 9 nitrogen and oxygen atoms in total. The van der Waals surface area contributed by atoms with Gasteiger partial charge in [-0.1, -0.05) is 30.3 Å². The zero-order valence-electron chi connectivity index (χ0n) is 17.4. The number of benzene rings is 3. The summed E-state index contributed by atoms with van der Waals surface area (Å²) in [7, 11) is 0. The maximum atomic E-state index is 13.8. The van der Waals surface area contributed by atoms with Gasteiger partial charge in [0, 0.05) is 17.7 Å². The molecule has 0 aromatic heterocycles. The number of allylic oxidation sites excluding steroid dienone is 1. The lowest BCUT2D eigenvalue weighted by Crippen LogP contribution is -2.22. The van der Waals surface area contributed by atoms with Gasteiger partial charge < -0.3 is 19.9 Å². The molecule has 0 bridgehead atoms. The van der Waals surface area contributed by atoms with Gasteiger partial charge in [0.25, 0.3) is 0 Å². The number of hydrogen-bond donors (Lipinski definition) is 1. The monoisotopic (exact) mass is 461 g/mol. The van der Waals surface area contributed by atoms with Crippen molar-refractivity contribution in [1.82, 2.24) is 0 Å². The number of carbonyl (C=O) groups is 1. The van der Waals surface area contributed by atoms with E-state index >= 15 is 0 Å². The molecular weight excluding hydrogens is 445 g/mol. The third kappa shape index (κ3) is 4.49. The minimum Gasteiger partial charge on any atom is -0.475 e. The van der Waals surface area contributed by atoms with Crippen molar-refractivity contribution < 1.29 is 28.3 Å². The first-order chi connectivity index (χ1) is 16.4. The zero-order chi connectivity index (χ0) is 24.2. The third-order valence-electron chi connectivity index (χ3n) is 5.01. The van der Waals surface area contributed by atoms with Crippen molar-refractivity contribution in [3.05, 3.63) is 105 Å². The second kappa shape index (κ2) is 9.30. The van der Waals surface area contributed by atoms with Crippen molar-refractivity contribution in [2.75, 3.05) is 6.61 Å². The van der Waals surface area contributed by atoms with Crippen LogP contribution in [0.25, 0.3) is 0 Å². The molecule has 170 valence electrons. The van der Waals surface area contributed by atoms with Crippen LogP contribution in [0.4, 0.5) is 10.1 Å². The highest BCUT2D eigenvalue weighted by Crippen LogP contribution is 2.43. The summed E-state index contributed by atoms with van der Waals surface area (Å²) in [5, 5.41) is 20.6. The van der Waals surface area contributed by atoms with Crippen molar-refractivity contribution in [2.24, 2.45) is 5.73 Å². The highest BCUT2D eigenvalue weighted by molar-refractivity contribution is 5.74. The fourth-order valence-electron chi connectivity index (χ4n) is 3.56. The van der Waals surface area contributed by atoms with Crippen LogP contribution in [0.5, 0.6) is 17.2 Å². The van der Waals surface area contributed by atoms with Crippen molar-refractivity contribution >= 4 is 11.7 Å². The fraction of sp³-hybridized carbons (Fsp3) is 0.0833. The lowest BCUT2D eigenvalue weighted by atomic mass is 9.83. The van der Waals surface area contributed by atoms with Crippen molar-refractivity contribution in [3.63, 3.8) is 0 Å². The van der Waals surface area contributed by atoms with E-state index in [2.05, 4.69) is 0 Å². The number of para-hydroxylation sites is 2. The van der Waals surface area contributed by atoms with Crippen LogP contribution in [0.3, 0.4) is 0 Å². The summed E-state index contributed by atoms with van der Waals surface area (Å²) in [5.74, 6) is -1.83. The second-order valence-corrected chi connectivity index (χ2v) is 7.17. The predicted molar refractivity (Wildman–Crippen MR) is 116 cm³/mol. The maximum Gasteiger partial charge on any atom is 0.349 e. The Bertz CT molecular complexity index is 1360. The highest BCUT2D eigenvalue weighted by Gasteiger charge is 2.31. The molecule has 1 atom stereocenters. The second-order valence-electron chi connectivity index (χ2n) is 7.17. The highest BCUT2D eigenvalue weighted by atomic mass is 19.1. The molecule has 0 saturated carbocycles. The van der Waals surface area contributed by atoms with E-state index in [9.17, 15) is 24.6 Å². The average molecular weight is 461 g/mol. The first-order valence-electron chi connectivity index (χ1n) is 9.91. The van der Waals surface area contributed by atoms with Crippen LogP contribution in [0.2, 0.25) is 0 Å². The van der Waals surface area contributed by atoms with E-state index in [0.29, 0.717) is 11.1 Å². The maximum absolute atomic E-state index is 13.8. The minimum absolute atomic E-state index is 0.0712. The number of esters is 1. The average Bonchev–Trinajstić information content (AvgIpc) is 2.82. The Hall–Kier alpha value is -4.91. The topological polar surface area (TPSA) is 138 Å². The number of nitro benzene ring substituents is 1. The minimum atomic E-state index is -0.809. The third-order valence-corrected chi connectivity index (χ3v) is 5.01. The van der Waals surface area contributed by atoms with Crippen molar-refractivity contribution in [2.45, 2.75) is 5.92 Å². The lowest BCUT2D eigenvalue weighted by molar-refractivity contribution is -0.385. The Morgan fingerprint density at radius 3 is 2.71 bits per heavy atom. The molecule has 2 N–H and O–H groups in total. The van der Waals surface area contributed by atoms with E-state index in [1.54, 1.807) is 12.1 Å². The Morgan fingerprint density at radius 2 is 1.97 bits per heavy atom. The van der Waals surface area contributed by atoms with Gasteiger partial charge in [0.15, 0.2) is 12.4 Å². The van der Waals surface area contributed by atoms with Crippen LogP contribution < -0.4 is 19.9 Å². The summed E-state index contributed by atoms with van der Waals surface area (Å²) in [6, 6.07) is 17.9. The summed E-state index contributed by atoms with van der Waals surface area (Å²) in [5.41, 5.74) is 6.82. The summed E-state index contributed by atoms with van der Waals surface area (Å²) in [6.45, 7) is -0.574. The molecule has 1 aliphatic rings. The molecule has 0 saturated heterocycles. The van der Waals surface area contributed by atoms with Crippen molar-refractivity contribution in [1.29, 1.82) is 5.26 Å².